The third kappa shape index (κ3) is 3.99. The van der Waals surface area contributed by atoms with E-state index in [9.17, 15) is 18.0 Å². The Kier molecular flexibility index (Phi) is 4.98. The molecule has 5 nitrogen and oxygen atoms in total. The summed E-state index contributed by atoms with van der Waals surface area (Å²) < 4.78 is 40.4. The fourth-order valence-corrected chi connectivity index (χ4v) is 2.82. The van der Waals surface area contributed by atoms with Crippen molar-refractivity contribution in [2.24, 2.45) is 0 Å². The smallest absolute Gasteiger partial charge is 0.344 e. The highest BCUT2D eigenvalue weighted by Gasteiger charge is 2.34. The van der Waals surface area contributed by atoms with Gasteiger partial charge in [-0.1, -0.05) is 41.6 Å². The molecule has 8 heteroatoms. The van der Waals surface area contributed by atoms with Crippen molar-refractivity contribution in [1.82, 2.24) is 20.3 Å². The van der Waals surface area contributed by atoms with Gasteiger partial charge in [-0.15, -0.1) is 5.10 Å². The van der Waals surface area contributed by atoms with Gasteiger partial charge < -0.3 is 5.32 Å². The lowest BCUT2D eigenvalue weighted by molar-refractivity contribution is -0.137. The number of aryl methyl sites for hydroxylation is 1. The third-order valence-corrected chi connectivity index (χ3v) is 4.18. The van der Waals surface area contributed by atoms with Crippen LogP contribution >= 0.6 is 0 Å². The topological polar surface area (TPSA) is 59.8 Å². The fraction of sp³-hybridized carbons (Fsp3) is 0.211. The molecular weight excluding hydrogens is 357 g/mol. The predicted molar refractivity (Wildman–Crippen MR) is 93.4 cm³/mol. The van der Waals surface area contributed by atoms with E-state index in [2.05, 4.69) is 15.6 Å². The molecule has 0 aliphatic carbocycles. The first-order valence-electron chi connectivity index (χ1n) is 8.22. The molecule has 0 radical (unpaired) electrons. The SMILES string of the molecule is Cc1ccccc1C(C)NC(=O)c1cn(-c2ccccc2C(F)(F)F)nn1. The van der Waals surface area contributed by atoms with Crippen molar-refractivity contribution in [2.45, 2.75) is 26.1 Å². The number of carbonyl (C=O) groups excluding carboxylic acids is 1. The van der Waals surface area contributed by atoms with Crippen LogP contribution in [0.2, 0.25) is 0 Å². The van der Waals surface area contributed by atoms with Gasteiger partial charge in [0.25, 0.3) is 5.91 Å². The summed E-state index contributed by atoms with van der Waals surface area (Å²) in [6, 6.07) is 12.3. The third-order valence-electron chi connectivity index (χ3n) is 4.18. The minimum absolute atomic E-state index is 0.0626. The summed E-state index contributed by atoms with van der Waals surface area (Å²) in [5.74, 6) is -0.513. The van der Waals surface area contributed by atoms with Crippen LogP contribution in [0, 0.1) is 6.92 Å². The van der Waals surface area contributed by atoms with Crippen LogP contribution in [0.1, 0.15) is 40.1 Å². The van der Waals surface area contributed by atoms with E-state index in [-0.39, 0.29) is 17.4 Å². The van der Waals surface area contributed by atoms with Crippen molar-refractivity contribution in [3.63, 3.8) is 0 Å². The molecule has 0 spiro atoms. The van der Waals surface area contributed by atoms with Crippen molar-refractivity contribution in [3.05, 3.63) is 77.1 Å². The highest BCUT2D eigenvalue weighted by Crippen LogP contribution is 2.33. The predicted octanol–water partition coefficient (Wildman–Crippen LogP) is 4.09. The molecule has 1 N–H and O–H groups in total. The number of benzene rings is 2. The maximum atomic E-state index is 13.2. The van der Waals surface area contributed by atoms with Crippen LogP contribution in [0.4, 0.5) is 13.2 Å². The molecule has 0 aliphatic heterocycles. The van der Waals surface area contributed by atoms with E-state index in [1.165, 1.54) is 24.4 Å². The first kappa shape index (κ1) is 18.6. The number of halogens is 3. The molecule has 27 heavy (non-hydrogen) atoms. The molecule has 3 rings (SSSR count). The second-order valence-corrected chi connectivity index (χ2v) is 6.11. The van der Waals surface area contributed by atoms with E-state index in [1.807, 2.05) is 38.1 Å². The van der Waals surface area contributed by atoms with Gasteiger partial charge in [-0.3, -0.25) is 4.79 Å². The summed E-state index contributed by atoms with van der Waals surface area (Å²) in [5, 5.41) is 10.2. The fourth-order valence-electron chi connectivity index (χ4n) is 2.82. The Morgan fingerprint density at radius 2 is 1.78 bits per heavy atom. The normalized spacial score (nSPS) is 12.6. The largest absolute Gasteiger partial charge is 0.418 e. The standard InChI is InChI=1S/C19H17F3N4O/c1-12-7-3-4-8-14(12)13(2)23-18(27)16-11-26(25-24-16)17-10-6-5-9-15(17)19(20,21)22/h3-11,13H,1-2H3,(H,23,27). The van der Waals surface area contributed by atoms with Crippen LogP contribution in [0.15, 0.2) is 54.7 Å². The molecule has 3 aromatic rings. The summed E-state index contributed by atoms with van der Waals surface area (Å²) in [4.78, 5) is 12.4. The summed E-state index contributed by atoms with van der Waals surface area (Å²) in [6.07, 6.45) is -3.35. The van der Waals surface area contributed by atoms with E-state index < -0.39 is 17.6 Å². The van der Waals surface area contributed by atoms with E-state index >= 15 is 0 Å². The minimum Gasteiger partial charge on any atom is -0.344 e. The van der Waals surface area contributed by atoms with Crippen molar-refractivity contribution in [3.8, 4) is 5.69 Å². The molecule has 1 aromatic heterocycles. The van der Waals surface area contributed by atoms with Gasteiger partial charge >= 0.3 is 6.18 Å². The van der Waals surface area contributed by atoms with Crippen LogP contribution in [-0.4, -0.2) is 20.9 Å². The molecule has 1 unspecified atom stereocenters. The van der Waals surface area contributed by atoms with Gasteiger partial charge in [-0.25, -0.2) is 4.68 Å². The van der Waals surface area contributed by atoms with Crippen molar-refractivity contribution in [2.75, 3.05) is 0 Å². The second kappa shape index (κ2) is 7.22. The van der Waals surface area contributed by atoms with E-state index in [4.69, 9.17) is 0 Å². The zero-order chi connectivity index (χ0) is 19.6. The number of para-hydroxylation sites is 1. The Bertz CT molecular complexity index is 965. The molecule has 0 saturated carbocycles. The Labute approximate surface area is 153 Å². The van der Waals surface area contributed by atoms with Gasteiger partial charge in [0.05, 0.1) is 23.5 Å². The zero-order valence-electron chi connectivity index (χ0n) is 14.7. The van der Waals surface area contributed by atoms with Gasteiger partial charge in [-0.05, 0) is 37.1 Å². The van der Waals surface area contributed by atoms with E-state index in [0.29, 0.717) is 0 Å². The minimum atomic E-state index is -4.54. The van der Waals surface area contributed by atoms with Gasteiger partial charge in [0.15, 0.2) is 5.69 Å². The number of amides is 1. The van der Waals surface area contributed by atoms with E-state index in [1.54, 1.807) is 0 Å². The number of nitrogens with zero attached hydrogens (tertiary/aromatic N) is 3. The number of rotatable bonds is 4. The highest BCUT2D eigenvalue weighted by atomic mass is 19.4. The lowest BCUT2D eigenvalue weighted by atomic mass is 10.0. The Hall–Kier alpha value is -3.16. The average Bonchev–Trinajstić information content (AvgIpc) is 3.11. The van der Waals surface area contributed by atoms with Crippen LogP contribution in [0.3, 0.4) is 0 Å². The first-order chi connectivity index (χ1) is 12.8. The lowest BCUT2D eigenvalue weighted by Gasteiger charge is -2.15. The van der Waals surface area contributed by atoms with Crippen LogP contribution < -0.4 is 5.32 Å². The van der Waals surface area contributed by atoms with Crippen LogP contribution in [0.5, 0.6) is 0 Å². The number of carbonyl (C=O) groups is 1. The van der Waals surface area contributed by atoms with Crippen LogP contribution in [0.25, 0.3) is 5.69 Å². The van der Waals surface area contributed by atoms with Gasteiger partial charge in [0.2, 0.25) is 0 Å². The van der Waals surface area contributed by atoms with Crippen molar-refractivity contribution >= 4 is 5.91 Å². The number of hydrogen-bond acceptors (Lipinski definition) is 3. The molecule has 140 valence electrons. The molecule has 1 heterocycles. The van der Waals surface area contributed by atoms with Gasteiger partial charge in [-0.2, -0.15) is 13.2 Å². The maximum absolute atomic E-state index is 13.2. The number of alkyl halides is 3. The number of hydrogen-bond donors (Lipinski definition) is 1. The monoisotopic (exact) mass is 374 g/mol. The Morgan fingerprint density at radius 3 is 2.48 bits per heavy atom. The molecule has 1 amide bonds. The second-order valence-electron chi connectivity index (χ2n) is 6.11. The lowest BCUT2D eigenvalue weighted by Crippen LogP contribution is -2.27. The van der Waals surface area contributed by atoms with Gasteiger partial charge in [0.1, 0.15) is 0 Å². The van der Waals surface area contributed by atoms with Crippen molar-refractivity contribution in [1.29, 1.82) is 0 Å². The molecule has 2 aromatic carbocycles. The number of aromatic nitrogens is 3. The summed E-state index contributed by atoms with van der Waals surface area (Å²) in [7, 11) is 0. The highest BCUT2D eigenvalue weighted by molar-refractivity contribution is 5.92. The van der Waals surface area contributed by atoms with Crippen molar-refractivity contribution < 1.29 is 18.0 Å². The summed E-state index contributed by atoms with van der Waals surface area (Å²) in [5.41, 5.74) is 0.861. The molecular formula is C19H17F3N4O. The Balaban J connectivity index is 1.83. The molecule has 1 atom stereocenters. The van der Waals surface area contributed by atoms with E-state index in [0.717, 1.165) is 21.9 Å². The molecule has 0 bridgehead atoms. The molecule has 0 saturated heterocycles. The quantitative estimate of drug-likeness (QED) is 0.748. The summed E-state index contributed by atoms with van der Waals surface area (Å²) >= 11 is 0. The Morgan fingerprint density at radius 1 is 1.11 bits per heavy atom. The first-order valence-corrected chi connectivity index (χ1v) is 8.22. The average molecular weight is 374 g/mol. The molecule has 0 fully saturated rings. The number of nitrogens with one attached hydrogen (secondary N) is 1. The van der Waals surface area contributed by atoms with Crippen LogP contribution in [-0.2, 0) is 6.18 Å². The maximum Gasteiger partial charge on any atom is 0.418 e. The van der Waals surface area contributed by atoms with Gasteiger partial charge in [0, 0.05) is 0 Å². The molecule has 0 aliphatic rings. The summed E-state index contributed by atoms with van der Waals surface area (Å²) in [6.45, 7) is 3.76. The zero-order valence-corrected chi connectivity index (χ0v) is 14.7.